The van der Waals surface area contributed by atoms with Crippen LogP contribution >= 0.6 is 22.7 Å². The lowest BCUT2D eigenvalue weighted by Crippen LogP contribution is -2.57. The molecule has 4 N–H and O–H groups in total. The molecule has 34 heavy (non-hydrogen) atoms. The Labute approximate surface area is 207 Å². The molecule has 0 aliphatic heterocycles. The van der Waals surface area contributed by atoms with Crippen LogP contribution in [0, 0.1) is 16.7 Å². The van der Waals surface area contributed by atoms with E-state index in [1.807, 2.05) is 12.3 Å². The standard InChI is InChI=1S/C26H30N2O4S2/c1-25-8-6-21(31)26(2,14-29)20(25)12-19-23(28-24(34-19)15-7-9-33-13-15)18(25)11-22(32)27-16-4-3-5-17(30)10-16/h3-5,7,9-10,13,18,20-21,29-31H,6,8,11-12,14H2,1-2H3,(H,27,32)/t18-,20+,21-,25+,26+/m1/s1. The maximum Gasteiger partial charge on any atom is 0.225 e. The Morgan fingerprint density at radius 2 is 2.12 bits per heavy atom. The molecule has 1 saturated carbocycles. The number of carbonyl (C=O) groups excluding carboxylic acids is 1. The normalized spacial score (nSPS) is 30.4. The largest absolute Gasteiger partial charge is 0.508 e. The van der Waals surface area contributed by atoms with Crippen LogP contribution in [0.5, 0.6) is 5.75 Å². The number of rotatable bonds is 5. The first-order valence-corrected chi connectivity index (χ1v) is 13.4. The molecule has 0 unspecified atom stereocenters. The van der Waals surface area contributed by atoms with E-state index in [4.69, 9.17) is 4.98 Å². The van der Waals surface area contributed by atoms with E-state index >= 15 is 0 Å². The molecule has 2 aromatic heterocycles. The highest BCUT2D eigenvalue weighted by molar-refractivity contribution is 7.15. The van der Waals surface area contributed by atoms with Crippen LogP contribution in [0.1, 0.15) is 49.6 Å². The lowest BCUT2D eigenvalue weighted by Gasteiger charge is -2.58. The fraction of sp³-hybridized carbons (Fsp3) is 0.462. The van der Waals surface area contributed by atoms with Crippen LogP contribution in [-0.2, 0) is 11.2 Å². The van der Waals surface area contributed by atoms with Crippen molar-refractivity contribution in [1.29, 1.82) is 0 Å². The lowest BCUT2D eigenvalue weighted by atomic mass is 9.47. The molecule has 0 spiro atoms. The summed E-state index contributed by atoms with van der Waals surface area (Å²) >= 11 is 3.30. The molecule has 3 aromatic rings. The van der Waals surface area contributed by atoms with Crippen molar-refractivity contribution in [1.82, 2.24) is 4.98 Å². The van der Waals surface area contributed by atoms with Crippen molar-refractivity contribution in [2.24, 2.45) is 16.7 Å². The number of phenols is 1. The molecule has 1 amide bonds. The first-order valence-electron chi connectivity index (χ1n) is 11.6. The van der Waals surface area contributed by atoms with E-state index < -0.39 is 11.5 Å². The van der Waals surface area contributed by atoms with Crippen LogP contribution in [0.4, 0.5) is 5.69 Å². The number of hydrogen-bond acceptors (Lipinski definition) is 7. The van der Waals surface area contributed by atoms with Crippen LogP contribution in [-0.4, -0.2) is 38.9 Å². The molecule has 5 atom stereocenters. The minimum absolute atomic E-state index is 0.0237. The van der Waals surface area contributed by atoms with Gasteiger partial charge in [-0.25, -0.2) is 4.98 Å². The number of aromatic nitrogens is 1. The molecule has 180 valence electrons. The molecule has 1 aromatic carbocycles. The first kappa shape index (κ1) is 23.5. The van der Waals surface area contributed by atoms with E-state index in [0.717, 1.165) is 34.0 Å². The highest BCUT2D eigenvalue weighted by atomic mass is 32.1. The Kier molecular flexibility index (Phi) is 6.04. The summed E-state index contributed by atoms with van der Waals surface area (Å²) in [6.07, 6.45) is 1.77. The zero-order valence-corrected chi connectivity index (χ0v) is 21.0. The predicted molar refractivity (Wildman–Crippen MR) is 135 cm³/mol. The average Bonchev–Trinajstić information content (AvgIpc) is 3.48. The number of carbonyl (C=O) groups is 1. The zero-order valence-electron chi connectivity index (χ0n) is 19.3. The van der Waals surface area contributed by atoms with Gasteiger partial charge in [-0.1, -0.05) is 19.9 Å². The quantitative estimate of drug-likeness (QED) is 0.396. The molecule has 8 heteroatoms. The number of nitrogens with zero attached hydrogens (tertiary/aromatic N) is 1. The fourth-order valence-electron chi connectivity index (χ4n) is 6.14. The molecular weight excluding hydrogens is 468 g/mol. The molecule has 0 bridgehead atoms. The van der Waals surface area contributed by atoms with E-state index in [-0.39, 0.29) is 41.9 Å². The third kappa shape index (κ3) is 3.86. The van der Waals surface area contributed by atoms with Gasteiger partial charge in [0.15, 0.2) is 0 Å². The highest BCUT2D eigenvalue weighted by Gasteiger charge is 2.59. The molecule has 6 nitrogen and oxygen atoms in total. The number of benzene rings is 1. The molecule has 1 fully saturated rings. The maximum atomic E-state index is 13.2. The number of nitrogens with one attached hydrogen (secondary N) is 1. The minimum atomic E-state index is -0.642. The molecule has 2 heterocycles. The van der Waals surface area contributed by atoms with Crippen molar-refractivity contribution in [3.05, 3.63) is 51.7 Å². The van der Waals surface area contributed by atoms with Crippen LogP contribution < -0.4 is 5.32 Å². The molecule has 5 rings (SSSR count). The van der Waals surface area contributed by atoms with Gasteiger partial charge in [0.2, 0.25) is 5.91 Å². The monoisotopic (exact) mass is 498 g/mol. The maximum absolute atomic E-state index is 13.2. The second kappa shape index (κ2) is 8.75. The third-order valence-electron chi connectivity index (χ3n) is 8.18. The lowest BCUT2D eigenvalue weighted by molar-refractivity contribution is -0.143. The van der Waals surface area contributed by atoms with E-state index in [0.29, 0.717) is 12.1 Å². The fourth-order valence-corrected chi connectivity index (χ4v) is 8.02. The van der Waals surface area contributed by atoms with E-state index in [9.17, 15) is 20.1 Å². The van der Waals surface area contributed by atoms with Crippen molar-refractivity contribution < 1.29 is 20.1 Å². The summed E-state index contributed by atoms with van der Waals surface area (Å²) in [6, 6.07) is 8.62. The summed E-state index contributed by atoms with van der Waals surface area (Å²) < 4.78 is 0. The summed E-state index contributed by atoms with van der Waals surface area (Å²) in [7, 11) is 0. The summed E-state index contributed by atoms with van der Waals surface area (Å²) in [5, 5.41) is 39.1. The highest BCUT2D eigenvalue weighted by Crippen LogP contribution is 2.63. The van der Waals surface area contributed by atoms with Crippen molar-refractivity contribution in [2.45, 2.75) is 51.6 Å². The van der Waals surface area contributed by atoms with Crippen LogP contribution in [0.25, 0.3) is 10.6 Å². The number of aliphatic hydroxyl groups is 2. The number of thiazole rings is 1. The molecule has 2 aliphatic carbocycles. The Balaban J connectivity index is 1.54. The van der Waals surface area contributed by atoms with Gasteiger partial charge in [0, 0.05) is 45.3 Å². The summed E-state index contributed by atoms with van der Waals surface area (Å²) in [5.74, 6) is -0.147. The second-order valence-corrected chi connectivity index (χ2v) is 12.0. The Morgan fingerprint density at radius 1 is 1.29 bits per heavy atom. The number of phenolic OH excluding ortho intramolecular Hbond substituents is 1. The van der Waals surface area contributed by atoms with Gasteiger partial charge in [0.25, 0.3) is 0 Å². The van der Waals surface area contributed by atoms with Crippen molar-refractivity contribution in [2.75, 3.05) is 11.9 Å². The van der Waals surface area contributed by atoms with Crippen LogP contribution in [0.15, 0.2) is 41.1 Å². The van der Waals surface area contributed by atoms with E-state index in [2.05, 4.69) is 23.7 Å². The number of fused-ring (bicyclic) bond motifs is 2. The Morgan fingerprint density at radius 3 is 2.82 bits per heavy atom. The molecule has 2 aliphatic rings. The summed E-state index contributed by atoms with van der Waals surface area (Å²) in [6.45, 7) is 4.09. The van der Waals surface area contributed by atoms with Crippen molar-refractivity contribution in [3.8, 4) is 16.3 Å². The minimum Gasteiger partial charge on any atom is -0.508 e. The van der Waals surface area contributed by atoms with Gasteiger partial charge in [-0.2, -0.15) is 11.3 Å². The smallest absolute Gasteiger partial charge is 0.225 e. The number of aromatic hydroxyl groups is 1. The zero-order chi connectivity index (χ0) is 24.1. The van der Waals surface area contributed by atoms with Gasteiger partial charge >= 0.3 is 0 Å². The van der Waals surface area contributed by atoms with Crippen molar-refractivity contribution >= 4 is 34.3 Å². The van der Waals surface area contributed by atoms with Gasteiger partial charge in [-0.05, 0) is 54.2 Å². The van der Waals surface area contributed by atoms with Gasteiger partial charge in [0.05, 0.1) is 18.4 Å². The first-order chi connectivity index (χ1) is 16.2. The van der Waals surface area contributed by atoms with Crippen LogP contribution in [0.2, 0.25) is 0 Å². The molecular formula is C26H30N2O4S2. The van der Waals surface area contributed by atoms with E-state index in [1.165, 1.54) is 6.07 Å². The average molecular weight is 499 g/mol. The van der Waals surface area contributed by atoms with Gasteiger partial charge < -0.3 is 20.6 Å². The van der Waals surface area contributed by atoms with Gasteiger partial charge in [0.1, 0.15) is 10.8 Å². The van der Waals surface area contributed by atoms with Gasteiger partial charge in [-0.15, -0.1) is 11.3 Å². The second-order valence-electron chi connectivity index (χ2n) is 10.2. The number of aliphatic hydroxyl groups excluding tert-OH is 2. The molecule has 0 saturated heterocycles. The number of hydrogen-bond donors (Lipinski definition) is 4. The Hall–Kier alpha value is -2.26. The predicted octanol–water partition coefficient (Wildman–Crippen LogP) is 5.02. The number of anilines is 1. The Bertz CT molecular complexity index is 1190. The number of amides is 1. The summed E-state index contributed by atoms with van der Waals surface area (Å²) in [4.78, 5) is 19.4. The third-order valence-corrected chi connectivity index (χ3v) is 10.0. The van der Waals surface area contributed by atoms with Crippen molar-refractivity contribution in [3.63, 3.8) is 0 Å². The van der Waals surface area contributed by atoms with Gasteiger partial charge in [-0.3, -0.25) is 4.79 Å². The summed E-state index contributed by atoms with van der Waals surface area (Å²) in [5.41, 5.74) is 1.69. The van der Waals surface area contributed by atoms with Crippen LogP contribution in [0.3, 0.4) is 0 Å². The SMILES string of the molecule is C[C@]1(CO)[C@H]2Cc3sc(-c4ccsc4)nc3[C@@H](CC(=O)Nc3cccc(O)c3)[C@]2(C)CC[C@H]1O. The molecule has 0 radical (unpaired) electrons. The topological polar surface area (TPSA) is 103 Å². The van der Waals surface area contributed by atoms with E-state index in [1.54, 1.807) is 40.9 Å². The number of thiophene rings is 1.